The Kier molecular flexibility index (Phi) is 5.05. The molecule has 0 saturated heterocycles. The number of hydrogen-bond acceptors (Lipinski definition) is 2. The Morgan fingerprint density at radius 3 is 2.88 bits per heavy atom. The largest absolute Gasteiger partial charge is 0.350 e. The minimum Gasteiger partial charge on any atom is -0.350 e. The first-order valence-corrected chi connectivity index (χ1v) is 5.70. The van der Waals surface area contributed by atoms with Gasteiger partial charge < -0.3 is 14.8 Å². The average Bonchev–Trinajstić information content (AvgIpc) is 2.66. The second-order valence-corrected chi connectivity index (χ2v) is 4.08. The van der Waals surface area contributed by atoms with Crippen molar-refractivity contribution in [2.24, 2.45) is 0 Å². The zero-order valence-corrected chi connectivity index (χ0v) is 10.4. The van der Waals surface area contributed by atoms with E-state index >= 15 is 0 Å². The van der Waals surface area contributed by atoms with Crippen LogP contribution >= 0.6 is 0 Å². The van der Waals surface area contributed by atoms with E-state index in [0.29, 0.717) is 6.54 Å². The van der Waals surface area contributed by atoms with Gasteiger partial charge in [0.1, 0.15) is 0 Å². The summed E-state index contributed by atoms with van der Waals surface area (Å²) in [5.74, 6) is 0.105. The maximum Gasteiger partial charge on any atom is 0.236 e. The van der Waals surface area contributed by atoms with E-state index in [1.165, 1.54) is 5.69 Å². The van der Waals surface area contributed by atoms with E-state index in [1.54, 1.807) is 19.0 Å². The van der Waals surface area contributed by atoms with Crippen LogP contribution in [0.5, 0.6) is 0 Å². The maximum atomic E-state index is 11.3. The topological polar surface area (TPSA) is 37.3 Å². The number of hydrogen-bond donors (Lipinski definition) is 1. The van der Waals surface area contributed by atoms with Crippen LogP contribution in [0.2, 0.25) is 0 Å². The van der Waals surface area contributed by atoms with Gasteiger partial charge in [0.15, 0.2) is 0 Å². The molecule has 0 aliphatic rings. The van der Waals surface area contributed by atoms with Crippen LogP contribution in [0.3, 0.4) is 0 Å². The molecule has 0 unspecified atom stereocenters. The van der Waals surface area contributed by atoms with Crippen molar-refractivity contribution in [2.45, 2.75) is 26.4 Å². The molecule has 1 amide bonds. The molecule has 1 N–H and O–H groups in total. The number of amides is 1. The number of carbonyl (C=O) groups is 1. The molecule has 4 nitrogen and oxygen atoms in total. The summed E-state index contributed by atoms with van der Waals surface area (Å²) in [6.07, 6.45) is 3.20. The highest BCUT2D eigenvalue weighted by Gasteiger charge is 2.04. The van der Waals surface area contributed by atoms with Crippen LogP contribution in [-0.4, -0.2) is 36.0 Å². The molecule has 0 fully saturated rings. The molecule has 0 saturated carbocycles. The number of carbonyl (C=O) groups excluding carboxylic acids is 1. The quantitative estimate of drug-likeness (QED) is 0.783. The van der Waals surface area contributed by atoms with E-state index in [4.69, 9.17) is 0 Å². The van der Waals surface area contributed by atoms with Crippen LogP contribution in [0.1, 0.15) is 19.0 Å². The normalized spacial score (nSPS) is 10.4. The molecule has 1 aromatic rings. The fourth-order valence-corrected chi connectivity index (χ4v) is 1.52. The SMILES string of the molecule is CCCn1cccc1CNCC(=O)N(C)C. The van der Waals surface area contributed by atoms with Gasteiger partial charge >= 0.3 is 0 Å². The number of nitrogens with one attached hydrogen (secondary N) is 1. The van der Waals surface area contributed by atoms with E-state index in [-0.39, 0.29) is 5.91 Å². The number of likely N-dealkylation sites (N-methyl/N-ethyl adjacent to an activating group) is 1. The molecule has 16 heavy (non-hydrogen) atoms. The number of nitrogens with zero attached hydrogens (tertiary/aromatic N) is 2. The standard InChI is InChI=1S/C12H21N3O/c1-4-7-15-8-5-6-11(15)9-13-10-12(16)14(2)3/h5-6,8,13H,4,7,9-10H2,1-3H3. The highest BCUT2D eigenvalue weighted by atomic mass is 16.2. The molecule has 0 bridgehead atoms. The third-order valence-corrected chi connectivity index (χ3v) is 2.47. The highest BCUT2D eigenvalue weighted by Crippen LogP contribution is 2.02. The van der Waals surface area contributed by atoms with Gasteiger partial charge in [0.05, 0.1) is 6.54 Å². The molecule has 90 valence electrons. The van der Waals surface area contributed by atoms with Gasteiger partial charge in [-0.15, -0.1) is 0 Å². The maximum absolute atomic E-state index is 11.3. The van der Waals surface area contributed by atoms with Crippen molar-refractivity contribution < 1.29 is 4.79 Å². The summed E-state index contributed by atoms with van der Waals surface area (Å²) in [4.78, 5) is 12.9. The summed E-state index contributed by atoms with van der Waals surface area (Å²) in [6, 6.07) is 4.13. The zero-order chi connectivity index (χ0) is 12.0. The zero-order valence-electron chi connectivity index (χ0n) is 10.4. The lowest BCUT2D eigenvalue weighted by Crippen LogP contribution is -2.33. The first kappa shape index (κ1) is 12.8. The van der Waals surface area contributed by atoms with Crippen molar-refractivity contribution >= 4 is 5.91 Å². The van der Waals surface area contributed by atoms with Crippen molar-refractivity contribution in [1.82, 2.24) is 14.8 Å². The number of rotatable bonds is 6. The van der Waals surface area contributed by atoms with Crippen molar-refractivity contribution in [1.29, 1.82) is 0 Å². The Hall–Kier alpha value is -1.29. The van der Waals surface area contributed by atoms with Crippen LogP contribution in [0.25, 0.3) is 0 Å². The molecule has 1 aromatic heterocycles. The molecule has 1 rings (SSSR count). The summed E-state index contributed by atoms with van der Waals surface area (Å²) in [5.41, 5.74) is 1.23. The summed E-state index contributed by atoms with van der Waals surface area (Å²) < 4.78 is 2.22. The van der Waals surface area contributed by atoms with Gasteiger partial charge in [-0.3, -0.25) is 4.79 Å². The Labute approximate surface area is 97.2 Å². The van der Waals surface area contributed by atoms with Gasteiger partial charge in [-0.25, -0.2) is 0 Å². The lowest BCUT2D eigenvalue weighted by Gasteiger charge is -2.12. The molecule has 0 spiro atoms. The molecule has 0 aliphatic heterocycles. The van der Waals surface area contributed by atoms with Crippen LogP contribution in [-0.2, 0) is 17.9 Å². The monoisotopic (exact) mass is 223 g/mol. The Balaban J connectivity index is 2.37. The van der Waals surface area contributed by atoms with Crippen LogP contribution in [0.4, 0.5) is 0 Å². The summed E-state index contributed by atoms with van der Waals surface area (Å²) in [6.45, 7) is 4.33. The summed E-state index contributed by atoms with van der Waals surface area (Å²) in [7, 11) is 3.54. The van der Waals surface area contributed by atoms with Crippen LogP contribution in [0.15, 0.2) is 18.3 Å². The first-order chi connectivity index (χ1) is 7.65. The van der Waals surface area contributed by atoms with E-state index in [1.807, 2.05) is 6.07 Å². The van der Waals surface area contributed by atoms with Gasteiger partial charge in [-0.1, -0.05) is 6.92 Å². The Morgan fingerprint density at radius 2 is 2.25 bits per heavy atom. The third kappa shape index (κ3) is 3.70. The molecule has 0 radical (unpaired) electrons. The van der Waals surface area contributed by atoms with Crippen LogP contribution < -0.4 is 5.32 Å². The summed E-state index contributed by atoms with van der Waals surface area (Å²) in [5, 5.41) is 3.16. The average molecular weight is 223 g/mol. The van der Waals surface area contributed by atoms with Crippen molar-refractivity contribution in [3.8, 4) is 0 Å². The fraction of sp³-hybridized carbons (Fsp3) is 0.583. The molecule has 4 heteroatoms. The molecular weight excluding hydrogens is 202 g/mol. The summed E-state index contributed by atoms with van der Waals surface area (Å²) >= 11 is 0. The molecule has 0 aliphatic carbocycles. The van der Waals surface area contributed by atoms with E-state index in [2.05, 4.69) is 29.1 Å². The Morgan fingerprint density at radius 1 is 1.50 bits per heavy atom. The van der Waals surface area contributed by atoms with Gasteiger partial charge in [0, 0.05) is 39.1 Å². The van der Waals surface area contributed by atoms with E-state index in [9.17, 15) is 4.79 Å². The van der Waals surface area contributed by atoms with Crippen LogP contribution in [0, 0.1) is 0 Å². The van der Waals surface area contributed by atoms with E-state index in [0.717, 1.165) is 19.5 Å². The molecular formula is C12H21N3O. The Bertz CT molecular complexity index is 331. The minimum atomic E-state index is 0.105. The van der Waals surface area contributed by atoms with Crippen molar-refractivity contribution in [3.05, 3.63) is 24.0 Å². The lowest BCUT2D eigenvalue weighted by atomic mass is 10.4. The van der Waals surface area contributed by atoms with Gasteiger partial charge in [-0.05, 0) is 18.6 Å². The second kappa shape index (κ2) is 6.33. The van der Waals surface area contributed by atoms with Crippen molar-refractivity contribution in [3.63, 3.8) is 0 Å². The predicted molar refractivity (Wildman–Crippen MR) is 65.1 cm³/mol. The van der Waals surface area contributed by atoms with Crippen molar-refractivity contribution in [2.75, 3.05) is 20.6 Å². The van der Waals surface area contributed by atoms with E-state index < -0.39 is 0 Å². The molecule has 0 aromatic carbocycles. The fourth-order valence-electron chi connectivity index (χ4n) is 1.52. The minimum absolute atomic E-state index is 0.105. The smallest absolute Gasteiger partial charge is 0.236 e. The molecule has 1 heterocycles. The molecule has 0 atom stereocenters. The number of aromatic nitrogens is 1. The second-order valence-electron chi connectivity index (χ2n) is 4.08. The lowest BCUT2D eigenvalue weighted by molar-refractivity contribution is -0.127. The number of aryl methyl sites for hydroxylation is 1. The highest BCUT2D eigenvalue weighted by molar-refractivity contribution is 5.77. The third-order valence-electron chi connectivity index (χ3n) is 2.47. The predicted octanol–water partition coefficient (Wildman–Crippen LogP) is 1.08. The van der Waals surface area contributed by atoms with Gasteiger partial charge in [-0.2, -0.15) is 0 Å². The van der Waals surface area contributed by atoms with Gasteiger partial charge in [0.25, 0.3) is 0 Å². The first-order valence-electron chi connectivity index (χ1n) is 5.70. The van der Waals surface area contributed by atoms with Gasteiger partial charge in [0.2, 0.25) is 5.91 Å².